The van der Waals surface area contributed by atoms with Crippen LogP contribution in [0.25, 0.3) is 0 Å². The second-order valence-corrected chi connectivity index (χ2v) is 6.17. The highest BCUT2D eigenvalue weighted by Gasteiger charge is 2.12. The second-order valence-electron chi connectivity index (χ2n) is 5.36. The van der Waals surface area contributed by atoms with Gasteiger partial charge in [-0.2, -0.15) is 0 Å². The van der Waals surface area contributed by atoms with Crippen LogP contribution in [0.15, 0.2) is 65.6 Å². The van der Waals surface area contributed by atoms with Gasteiger partial charge in [0.2, 0.25) is 5.43 Å². The van der Waals surface area contributed by atoms with Crippen LogP contribution in [0.3, 0.4) is 0 Å². The summed E-state index contributed by atoms with van der Waals surface area (Å²) in [5.41, 5.74) is 0.437. The maximum Gasteiger partial charge on any atom is 0.224 e. The molecule has 0 saturated heterocycles. The van der Waals surface area contributed by atoms with Gasteiger partial charge in [-0.05, 0) is 24.3 Å². The van der Waals surface area contributed by atoms with Crippen LogP contribution in [-0.2, 0) is 13.7 Å². The van der Waals surface area contributed by atoms with Crippen LogP contribution in [0.1, 0.15) is 5.69 Å². The van der Waals surface area contributed by atoms with E-state index in [0.717, 1.165) is 5.75 Å². The van der Waals surface area contributed by atoms with Crippen LogP contribution < -0.4 is 14.9 Å². The first-order chi connectivity index (χ1) is 12.0. The fourth-order valence-corrected chi connectivity index (χ4v) is 2.71. The van der Waals surface area contributed by atoms with Gasteiger partial charge in [0.05, 0.1) is 21.9 Å². The lowest BCUT2D eigenvalue weighted by atomic mass is 10.3. The number of halogens is 2. The highest BCUT2D eigenvalue weighted by atomic mass is 35.5. The van der Waals surface area contributed by atoms with Gasteiger partial charge in [-0.1, -0.05) is 47.5 Å². The van der Waals surface area contributed by atoms with Gasteiger partial charge in [-0.15, -0.1) is 0 Å². The topological polar surface area (TPSA) is 40.5 Å². The monoisotopic (exact) mass is 375 g/mol. The fourth-order valence-electron chi connectivity index (χ4n) is 2.23. The fraction of sp³-hybridized carbons (Fsp3) is 0.105. The molecule has 4 nitrogen and oxygen atoms in total. The normalized spacial score (nSPS) is 10.5. The van der Waals surface area contributed by atoms with Gasteiger partial charge in [-0.3, -0.25) is 4.79 Å². The van der Waals surface area contributed by atoms with Crippen molar-refractivity contribution < 1.29 is 9.47 Å². The molecule has 3 rings (SSSR count). The van der Waals surface area contributed by atoms with E-state index in [9.17, 15) is 4.79 Å². The number of nitrogens with zero attached hydrogens (tertiary/aromatic N) is 1. The number of hydrogen-bond donors (Lipinski definition) is 0. The second kappa shape index (κ2) is 7.64. The summed E-state index contributed by atoms with van der Waals surface area (Å²) >= 11 is 12.2. The number of pyridine rings is 1. The summed E-state index contributed by atoms with van der Waals surface area (Å²) in [7, 11) is 1.81. The molecule has 25 heavy (non-hydrogen) atoms. The molecule has 3 aromatic rings. The zero-order valence-corrected chi connectivity index (χ0v) is 14.9. The maximum atomic E-state index is 12.4. The standard InChI is InChI=1S/C19H15Cl2NO3/c1-22-11-18(25-19-15(20)8-5-9-16(19)21)17(23)10-13(22)12-24-14-6-3-2-4-7-14/h2-11H,12H2,1H3. The highest BCUT2D eigenvalue weighted by Crippen LogP contribution is 2.35. The molecule has 0 radical (unpaired) electrons. The van der Waals surface area contributed by atoms with Crippen LogP contribution in [0.4, 0.5) is 0 Å². The summed E-state index contributed by atoms with van der Waals surface area (Å²) in [6.45, 7) is 0.267. The Kier molecular flexibility index (Phi) is 5.31. The molecule has 0 N–H and O–H groups in total. The molecule has 0 atom stereocenters. The highest BCUT2D eigenvalue weighted by molar-refractivity contribution is 6.37. The minimum absolute atomic E-state index is 0.140. The molecule has 6 heteroatoms. The third kappa shape index (κ3) is 4.16. The lowest BCUT2D eigenvalue weighted by Crippen LogP contribution is -2.14. The van der Waals surface area contributed by atoms with Crippen molar-refractivity contribution in [3.8, 4) is 17.2 Å². The van der Waals surface area contributed by atoms with E-state index >= 15 is 0 Å². The van der Waals surface area contributed by atoms with E-state index in [1.165, 1.54) is 6.07 Å². The summed E-state index contributed by atoms with van der Waals surface area (Å²) in [6, 6.07) is 15.9. The zero-order valence-electron chi connectivity index (χ0n) is 13.4. The smallest absolute Gasteiger partial charge is 0.224 e. The molecule has 1 heterocycles. The molecule has 0 aliphatic rings. The van der Waals surface area contributed by atoms with Crippen molar-refractivity contribution in [3.05, 3.63) is 86.8 Å². The van der Waals surface area contributed by atoms with E-state index in [2.05, 4.69) is 0 Å². The van der Waals surface area contributed by atoms with E-state index in [1.54, 1.807) is 29.0 Å². The Morgan fingerprint density at radius 2 is 1.68 bits per heavy atom. The van der Waals surface area contributed by atoms with Crippen molar-refractivity contribution in [2.24, 2.45) is 7.05 Å². The average molecular weight is 376 g/mol. The minimum Gasteiger partial charge on any atom is -0.487 e. The van der Waals surface area contributed by atoms with Crippen molar-refractivity contribution in [2.75, 3.05) is 0 Å². The molecule has 1 aromatic heterocycles. The van der Waals surface area contributed by atoms with Gasteiger partial charge in [0.25, 0.3) is 0 Å². The molecule has 0 fully saturated rings. The summed E-state index contributed by atoms with van der Waals surface area (Å²) in [6.07, 6.45) is 1.59. The third-order valence-corrected chi connectivity index (χ3v) is 4.16. The van der Waals surface area contributed by atoms with Gasteiger partial charge < -0.3 is 14.0 Å². The molecule has 0 unspecified atom stereocenters. The van der Waals surface area contributed by atoms with Crippen LogP contribution >= 0.6 is 23.2 Å². The molecular weight excluding hydrogens is 361 g/mol. The Bertz CT molecular complexity index is 919. The van der Waals surface area contributed by atoms with Crippen molar-refractivity contribution in [3.63, 3.8) is 0 Å². The SMILES string of the molecule is Cn1cc(Oc2c(Cl)cccc2Cl)c(=O)cc1COc1ccccc1. The third-order valence-electron chi connectivity index (χ3n) is 3.57. The van der Waals surface area contributed by atoms with Gasteiger partial charge in [0, 0.05) is 13.1 Å². The number of ether oxygens (including phenoxy) is 2. The Morgan fingerprint density at radius 3 is 2.36 bits per heavy atom. The number of aryl methyl sites for hydroxylation is 1. The molecular formula is C19H15Cl2NO3. The van der Waals surface area contributed by atoms with E-state index < -0.39 is 0 Å². The summed E-state index contributed by atoms with van der Waals surface area (Å²) in [5.74, 6) is 1.13. The first kappa shape index (κ1) is 17.4. The summed E-state index contributed by atoms with van der Waals surface area (Å²) in [4.78, 5) is 12.4. The predicted molar refractivity (Wildman–Crippen MR) is 99.0 cm³/mol. The minimum atomic E-state index is -0.277. The Hall–Kier alpha value is -2.43. The Labute approximate surface area is 155 Å². The van der Waals surface area contributed by atoms with E-state index in [1.807, 2.05) is 37.4 Å². The van der Waals surface area contributed by atoms with Crippen molar-refractivity contribution in [1.29, 1.82) is 0 Å². The predicted octanol–water partition coefficient (Wildman–Crippen LogP) is 5.06. The zero-order chi connectivity index (χ0) is 17.8. The number of benzene rings is 2. The Morgan fingerprint density at radius 1 is 1.00 bits per heavy atom. The van der Waals surface area contributed by atoms with Crippen LogP contribution in [-0.4, -0.2) is 4.57 Å². The number of rotatable bonds is 5. The van der Waals surface area contributed by atoms with Crippen LogP contribution in [0, 0.1) is 0 Å². The van der Waals surface area contributed by atoms with E-state index in [-0.39, 0.29) is 23.5 Å². The average Bonchev–Trinajstić information content (AvgIpc) is 2.60. The van der Waals surface area contributed by atoms with Crippen molar-refractivity contribution in [2.45, 2.75) is 6.61 Å². The van der Waals surface area contributed by atoms with Crippen molar-refractivity contribution >= 4 is 23.2 Å². The van der Waals surface area contributed by atoms with Gasteiger partial charge in [0.15, 0.2) is 11.5 Å². The first-order valence-electron chi connectivity index (χ1n) is 7.54. The number of hydrogen-bond acceptors (Lipinski definition) is 3. The first-order valence-corrected chi connectivity index (χ1v) is 8.29. The largest absolute Gasteiger partial charge is 0.487 e. The van der Waals surface area contributed by atoms with Gasteiger partial charge >= 0.3 is 0 Å². The van der Waals surface area contributed by atoms with Crippen LogP contribution in [0.5, 0.6) is 17.2 Å². The molecule has 0 saturated carbocycles. The molecule has 128 valence electrons. The molecule has 0 aliphatic heterocycles. The quantitative estimate of drug-likeness (QED) is 0.625. The summed E-state index contributed by atoms with van der Waals surface area (Å²) < 4.78 is 13.1. The lowest BCUT2D eigenvalue weighted by Gasteiger charge is -2.13. The van der Waals surface area contributed by atoms with Gasteiger partial charge in [-0.25, -0.2) is 0 Å². The molecule has 0 amide bonds. The molecule has 0 spiro atoms. The van der Waals surface area contributed by atoms with Crippen LogP contribution in [0.2, 0.25) is 10.0 Å². The molecule has 0 aliphatic carbocycles. The number of aromatic nitrogens is 1. The van der Waals surface area contributed by atoms with Gasteiger partial charge in [0.1, 0.15) is 12.4 Å². The maximum absolute atomic E-state index is 12.4. The van der Waals surface area contributed by atoms with E-state index in [0.29, 0.717) is 15.7 Å². The Balaban J connectivity index is 1.82. The van der Waals surface area contributed by atoms with E-state index in [4.69, 9.17) is 32.7 Å². The molecule has 2 aromatic carbocycles. The lowest BCUT2D eigenvalue weighted by molar-refractivity contribution is 0.295. The summed E-state index contributed by atoms with van der Waals surface area (Å²) in [5, 5.41) is 0.678. The molecule has 0 bridgehead atoms. The van der Waals surface area contributed by atoms with Crippen molar-refractivity contribution in [1.82, 2.24) is 4.57 Å². The number of para-hydroxylation sites is 2.